The van der Waals surface area contributed by atoms with Gasteiger partial charge >= 0.3 is 0 Å². The molecule has 11 rings (SSSR count). The fourth-order valence-electron chi connectivity index (χ4n) is 8.67. The molecule has 11 aromatic rings. The van der Waals surface area contributed by atoms with Crippen LogP contribution in [0.2, 0.25) is 0 Å². The first-order chi connectivity index (χ1) is 28.8. The molecule has 3 nitrogen and oxygen atoms in total. The molecule has 0 N–H and O–H groups in total. The molecular formula is C55H35N3. The van der Waals surface area contributed by atoms with E-state index in [0.717, 1.165) is 49.4 Å². The summed E-state index contributed by atoms with van der Waals surface area (Å²) in [6.45, 7) is 0. The summed E-state index contributed by atoms with van der Waals surface area (Å²) in [5.74, 6) is 1.91. The number of rotatable bonds is 6. The molecule has 0 aliphatic heterocycles. The van der Waals surface area contributed by atoms with Gasteiger partial charge in [0, 0.05) is 16.7 Å². The molecule has 0 unspecified atom stereocenters. The van der Waals surface area contributed by atoms with Gasteiger partial charge in [0.1, 0.15) is 0 Å². The van der Waals surface area contributed by atoms with Crippen LogP contribution in [0.15, 0.2) is 212 Å². The molecule has 0 aliphatic rings. The molecule has 0 bridgehead atoms. The largest absolute Gasteiger partial charge is 0.208 e. The Bertz CT molecular complexity index is 3260. The highest BCUT2D eigenvalue weighted by Crippen LogP contribution is 2.46. The van der Waals surface area contributed by atoms with E-state index < -0.39 is 0 Å². The minimum Gasteiger partial charge on any atom is -0.208 e. The third-order valence-corrected chi connectivity index (χ3v) is 11.3. The first kappa shape index (κ1) is 33.6. The van der Waals surface area contributed by atoms with Crippen molar-refractivity contribution in [2.45, 2.75) is 0 Å². The minimum absolute atomic E-state index is 0.634. The summed E-state index contributed by atoms with van der Waals surface area (Å²) in [6.07, 6.45) is 0. The maximum Gasteiger partial charge on any atom is 0.164 e. The lowest BCUT2D eigenvalue weighted by atomic mass is 9.84. The highest BCUT2D eigenvalue weighted by molar-refractivity contribution is 6.24. The molecule has 0 atom stereocenters. The summed E-state index contributed by atoms with van der Waals surface area (Å²) in [5.41, 5.74) is 9.98. The second kappa shape index (κ2) is 14.1. The van der Waals surface area contributed by atoms with E-state index in [1.165, 1.54) is 43.8 Å². The normalized spacial score (nSPS) is 11.4. The van der Waals surface area contributed by atoms with Crippen molar-refractivity contribution in [1.29, 1.82) is 0 Å². The summed E-state index contributed by atoms with van der Waals surface area (Å²) in [5, 5.41) is 9.35. The predicted molar refractivity (Wildman–Crippen MR) is 242 cm³/mol. The Labute approximate surface area is 336 Å². The standard InChI is InChI=1S/C55H35N3/c1-4-18-36(19-5-1)40-34-39-24-10-11-25-41(39)50(35-40)55-57-53(38-22-8-3-9-23-38)56-54(58-55)49-33-32-48(42-26-12-13-27-43(42)49)52-46-30-16-14-28-44(46)51(37-20-6-2-7-21-37)45-29-15-17-31-47(45)52/h1-35H. The second-order valence-electron chi connectivity index (χ2n) is 14.7. The lowest BCUT2D eigenvalue weighted by Crippen LogP contribution is -2.01. The average molecular weight is 738 g/mol. The van der Waals surface area contributed by atoms with Crippen molar-refractivity contribution in [2.75, 3.05) is 0 Å². The van der Waals surface area contributed by atoms with E-state index in [1.54, 1.807) is 0 Å². The van der Waals surface area contributed by atoms with Crippen molar-refractivity contribution in [3.8, 4) is 67.5 Å². The van der Waals surface area contributed by atoms with Crippen LogP contribution in [0.3, 0.4) is 0 Å². The molecule has 0 saturated heterocycles. The zero-order chi connectivity index (χ0) is 38.4. The van der Waals surface area contributed by atoms with E-state index in [1.807, 2.05) is 18.2 Å². The number of nitrogens with zero attached hydrogens (tertiary/aromatic N) is 3. The molecule has 0 amide bonds. The van der Waals surface area contributed by atoms with Gasteiger partial charge in [-0.15, -0.1) is 0 Å². The van der Waals surface area contributed by atoms with Gasteiger partial charge < -0.3 is 0 Å². The van der Waals surface area contributed by atoms with Crippen molar-refractivity contribution in [2.24, 2.45) is 0 Å². The second-order valence-corrected chi connectivity index (χ2v) is 14.7. The molecule has 0 fully saturated rings. The van der Waals surface area contributed by atoms with Crippen LogP contribution >= 0.6 is 0 Å². The fourth-order valence-corrected chi connectivity index (χ4v) is 8.67. The van der Waals surface area contributed by atoms with Crippen LogP contribution < -0.4 is 0 Å². The zero-order valence-corrected chi connectivity index (χ0v) is 31.5. The number of hydrogen-bond donors (Lipinski definition) is 0. The van der Waals surface area contributed by atoms with Crippen LogP contribution in [0.4, 0.5) is 0 Å². The maximum absolute atomic E-state index is 5.36. The van der Waals surface area contributed by atoms with Gasteiger partial charge in [0.15, 0.2) is 17.5 Å². The van der Waals surface area contributed by atoms with Crippen molar-refractivity contribution in [3.05, 3.63) is 212 Å². The van der Waals surface area contributed by atoms with Crippen LogP contribution in [0.5, 0.6) is 0 Å². The summed E-state index contributed by atoms with van der Waals surface area (Å²) < 4.78 is 0. The van der Waals surface area contributed by atoms with Crippen LogP contribution in [0.1, 0.15) is 0 Å². The van der Waals surface area contributed by atoms with Crippen molar-refractivity contribution in [1.82, 2.24) is 15.0 Å². The molecule has 270 valence electrons. The lowest BCUT2D eigenvalue weighted by molar-refractivity contribution is 1.08. The average Bonchev–Trinajstić information content (AvgIpc) is 3.31. The quantitative estimate of drug-likeness (QED) is 0.160. The van der Waals surface area contributed by atoms with E-state index in [2.05, 4.69) is 194 Å². The smallest absolute Gasteiger partial charge is 0.164 e. The van der Waals surface area contributed by atoms with Gasteiger partial charge in [-0.3, -0.25) is 0 Å². The van der Waals surface area contributed by atoms with E-state index in [0.29, 0.717) is 17.5 Å². The zero-order valence-electron chi connectivity index (χ0n) is 31.5. The number of aromatic nitrogens is 3. The Kier molecular flexibility index (Phi) is 8.15. The Hall–Kier alpha value is -7.75. The van der Waals surface area contributed by atoms with Gasteiger partial charge in [-0.2, -0.15) is 0 Å². The first-order valence-electron chi connectivity index (χ1n) is 19.7. The third kappa shape index (κ3) is 5.72. The third-order valence-electron chi connectivity index (χ3n) is 11.3. The Morgan fingerprint density at radius 2 is 0.638 bits per heavy atom. The Balaban J connectivity index is 1.17. The SMILES string of the molecule is c1ccc(-c2cc(-c3nc(-c4ccccc4)nc(-c4ccc(-c5c6ccccc6c(-c6ccccc6)c6ccccc56)c5ccccc45)n3)c3ccccc3c2)cc1. The highest BCUT2D eigenvalue weighted by atomic mass is 15.0. The van der Waals surface area contributed by atoms with Crippen molar-refractivity contribution < 1.29 is 0 Å². The number of hydrogen-bond acceptors (Lipinski definition) is 3. The van der Waals surface area contributed by atoms with Gasteiger partial charge in [0.05, 0.1) is 0 Å². The Morgan fingerprint density at radius 3 is 1.24 bits per heavy atom. The molecule has 10 aromatic carbocycles. The molecule has 0 radical (unpaired) electrons. The predicted octanol–water partition coefficient (Wildman–Crippen LogP) is 14.5. The molecule has 0 spiro atoms. The number of fused-ring (bicyclic) bond motifs is 4. The van der Waals surface area contributed by atoms with Crippen LogP contribution in [0, 0.1) is 0 Å². The topological polar surface area (TPSA) is 38.7 Å². The summed E-state index contributed by atoms with van der Waals surface area (Å²) in [7, 11) is 0. The van der Waals surface area contributed by atoms with E-state index in [4.69, 9.17) is 15.0 Å². The minimum atomic E-state index is 0.634. The molecule has 1 aromatic heterocycles. The van der Waals surface area contributed by atoms with Crippen molar-refractivity contribution >= 4 is 43.1 Å². The molecule has 3 heteroatoms. The van der Waals surface area contributed by atoms with Gasteiger partial charge in [0.25, 0.3) is 0 Å². The van der Waals surface area contributed by atoms with Gasteiger partial charge in [-0.1, -0.05) is 194 Å². The lowest BCUT2D eigenvalue weighted by Gasteiger charge is -2.19. The van der Waals surface area contributed by atoms with E-state index in [9.17, 15) is 0 Å². The van der Waals surface area contributed by atoms with Crippen LogP contribution in [-0.2, 0) is 0 Å². The summed E-state index contributed by atoms with van der Waals surface area (Å²) >= 11 is 0. The first-order valence-corrected chi connectivity index (χ1v) is 19.7. The van der Waals surface area contributed by atoms with Crippen molar-refractivity contribution in [3.63, 3.8) is 0 Å². The van der Waals surface area contributed by atoms with E-state index >= 15 is 0 Å². The number of benzene rings is 10. The van der Waals surface area contributed by atoms with Gasteiger partial charge in [-0.05, 0) is 94.7 Å². The Morgan fingerprint density at radius 1 is 0.224 bits per heavy atom. The summed E-state index contributed by atoms with van der Waals surface area (Å²) in [6, 6.07) is 75.3. The van der Waals surface area contributed by atoms with Gasteiger partial charge in [0.2, 0.25) is 0 Å². The summed E-state index contributed by atoms with van der Waals surface area (Å²) in [4.78, 5) is 15.8. The molecule has 58 heavy (non-hydrogen) atoms. The fraction of sp³-hybridized carbons (Fsp3) is 0. The van der Waals surface area contributed by atoms with E-state index in [-0.39, 0.29) is 0 Å². The molecule has 0 saturated carbocycles. The molecule has 0 aliphatic carbocycles. The highest BCUT2D eigenvalue weighted by Gasteiger charge is 2.21. The molecule has 1 heterocycles. The van der Waals surface area contributed by atoms with Crippen LogP contribution in [-0.4, -0.2) is 15.0 Å². The van der Waals surface area contributed by atoms with Gasteiger partial charge in [-0.25, -0.2) is 15.0 Å². The monoisotopic (exact) mass is 737 g/mol. The maximum atomic E-state index is 5.36. The van der Waals surface area contributed by atoms with Crippen LogP contribution in [0.25, 0.3) is 111 Å². The molecular weight excluding hydrogens is 703 g/mol.